The number of nitrogens with one attached hydrogen (secondary N) is 2. The van der Waals surface area contributed by atoms with Crippen molar-refractivity contribution in [2.45, 2.75) is 25.8 Å². The summed E-state index contributed by atoms with van der Waals surface area (Å²) in [7, 11) is 0. The average Bonchev–Trinajstić information content (AvgIpc) is 2.90. The number of amides is 1. The van der Waals surface area contributed by atoms with Crippen molar-refractivity contribution in [3.8, 4) is 0 Å². The van der Waals surface area contributed by atoms with Crippen molar-refractivity contribution < 1.29 is 4.79 Å². The Hall–Kier alpha value is -1.24. The van der Waals surface area contributed by atoms with Gasteiger partial charge in [0.15, 0.2) is 0 Å². The summed E-state index contributed by atoms with van der Waals surface area (Å²) >= 11 is 7.29. The van der Waals surface area contributed by atoms with Crippen LogP contribution in [0.2, 0.25) is 5.02 Å². The molecule has 2 aromatic rings. The van der Waals surface area contributed by atoms with Crippen molar-refractivity contribution in [3.63, 3.8) is 0 Å². The van der Waals surface area contributed by atoms with Crippen LogP contribution in [0.15, 0.2) is 12.1 Å². The van der Waals surface area contributed by atoms with Gasteiger partial charge in [0.05, 0.1) is 28.5 Å². The van der Waals surface area contributed by atoms with Gasteiger partial charge in [0.25, 0.3) is 0 Å². The Bertz CT molecular complexity index is 644. The second-order valence-electron chi connectivity index (χ2n) is 5.18. The van der Waals surface area contributed by atoms with E-state index in [-0.39, 0.29) is 11.9 Å². The summed E-state index contributed by atoms with van der Waals surface area (Å²) in [6.45, 7) is 3.04. The number of fused-ring (bicyclic) bond motifs is 1. The number of hydrogen-bond acceptors (Lipinski definition) is 5. The molecule has 0 aliphatic carbocycles. The molecule has 2 heterocycles. The summed E-state index contributed by atoms with van der Waals surface area (Å²) in [5, 5.41) is 6.63. The number of halogens is 1. The van der Waals surface area contributed by atoms with Gasteiger partial charge >= 0.3 is 0 Å². The number of hydrogen-bond donors (Lipinski definition) is 2. The lowest BCUT2D eigenvalue weighted by Gasteiger charge is -2.27. The molecule has 2 unspecified atom stereocenters. The van der Waals surface area contributed by atoms with E-state index < -0.39 is 0 Å². The predicted octanol–water partition coefficient (Wildman–Crippen LogP) is 2.67. The molecule has 1 aromatic carbocycles. The Morgan fingerprint density at radius 2 is 2.35 bits per heavy atom. The van der Waals surface area contributed by atoms with Gasteiger partial charge in [0.2, 0.25) is 5.91 Å². The van der Waals surface area contributed by atoms with Gasteiger partial charge in [0, 0.05) is 0 Å². The van der Waals surface area contributed by atoms with Crippen molar-refractivity contribution in [1.29, 1.82) is 0 Å². The Kier molecular flexibility index (Phi) is 3.87. The molecule has 5 nitrogen and oxygen atoms in total. The molecule has 1 saturated heterocycles. The van der Waals surface area contributed by atoms with Crippen LogP contribution < -0.4 is 10.6 Å². The number of anilines is 1. The average molecular weight is 311 g/mol. The number of benzene rings is 1. The van der Waals surface area contributed by atoms with E-state index in [0.29, 0.717) is 22.1 Å². The van der Waals surface area contributed by atoms with Crippen LogP contribution >= 0.6 is 23.3 Å². The smallest absolute Gasteiger partial charge is 0.241 e. The van der Waals surface area contributed by atoms with Crippen LogP contribution in [0.3, 0.4) is 0 Å². The quantitative estimate of drug-likeness (QED) is 0.895. The van der Waals surface area contributed by atoms with Crippen molar-refractivity contribution in [1.82, 2.24) is 14.1 Å². The van der Waals surface area contributed by atoms with E-state index in [1.165, 1.54) is 0 Å². The SMILES string of the molecule is CC1CCNC(C(=O)Nc2c(Cl)ccc3nsnc23)C1. The van der Waals surface area contributed by atoms with E-state index in [1.54, 1.807) is 12.1 Å². The highest BCUT2D eigenvalue weighted by Gasteiger charge is 2.25. The first-order chi connectivity index (χ1) is 9.65. The first kappa shape index (κ1) is 13.7. The number of piperidine rings is 1. The second-order valence-corrected chi connectivity index (χ2v) is 6.12. The normalized spacial score (nSPS) is 22.9. The molecule has 2 atom stereocenters. The lowest BCUT2D eigenvalue weighted by molar-refractivity contribution is -0.119. The molecule has 0 bridgehead atoms. The highest BCUT2D eigenvalue weighted by molar-refractivity contribution is 7.00. The first-order valence-electron chi connectivity index (χ1n) is 6.60. The van der Waals surface area contributed by atoms with Crippen LogP contribution in [0.5, 0.6) is 0 Å². The first-order valence-corrected chi connectivity index (χ1v) is 7.71. The number of carbonyl (C=O) groups excluding carboxylic acids is 1. The zero-order valence-corrected chi connectivity index (χ0v) is 12.6. The standard InChI is InChI=1S/C13H15ClN4OS/c1-7-4-5-15-10(6-7)13(19)16-11-8(14)2-3-9-12(11)18-20-17-9/h2-3,7,10,15H,4-6H2,1H3,(H,16,19). The van der Waals surface area contributed by atoms with Crippen molar-refractivity contribution >= 4 is 46.0 Å². The number of rotatable bonds is 2. The Morgan fingerprint density at radius 3 is 3.15 bits per heavy atom. The Morgan fingerprint density at radius 1 is 1.50 bits per heavy atom. The van der Waals surface area contributed by atoms with Crippen LogP contribution in [-0.2, 0) is 4.79 Å². The zero-order valence-electron chi connectivity index (χ0n) is 11.0. The van der Waals surface area contributed by atoms with Gasteiger partial charge in [-0.25, -0.2) is 0 Å². The third kappa shape index (κ3) is 2.63. The summed E-state index contributed by atoms with van der Waals surface area (Å²) in [6.07, 6.45) is 1.95. The van der Waals surface area contributed by atoms with E-state index >= 15 is 0 Å². The van der Waals surface area contributed by atoms with Gasteiger partial charge in [-0.2, -0.15) is 8.75 Å². The van der Waals surface area contributed by atoms with Gasteiger partial charge in [-0.15, -0.1) is 0 Å². The van der Waals surface area contributed by atoms with Crippen LogP contribution in [0.1, 0.15) is 19.8 Å². The molecule has 20 heavy (non-hydrogen) atoms. The molecule has 1 aromatic heterocycles. The van der Waals surface area contributed by atoms with E-state index in [2.05, 4.69) is 26.3 Å². The highest BCUT2D eigenvalue weighted by Crippen LogP contribution is 2.30. The van der Waals surface area contributed by atoms with Crippen molar-refractivity contribution in [2.75, 3.05) is 11.9 Å². The summed E-state index contributed by atoms with van der Waals surface area (Å²) in [5.41, 5.74) is 1.96. The molecule has 0 radical (unpaired) electrons. The third-order valence-corrected chi connectivity index (χ3v) is 4.47. The fourth-order valence-electron chi connectivity index (χ4n) is 2.46. The van der Waals surface area contributed by atoms with Crippen LogP contribution in [-0.4, -0.2) is 27.2 Å². The Labute approximate surface area is 126 Å². The van der Waals surface area contributed by atoms with E-state index in [4.69, 9.17) is 11.6 Å². The second kappa shape index (κ2) is 5.63. The third-order valence-electron chi connectivity index (χ3n) is 3.61. The van der Waals surface area contributed by atoms with Crippen LogP contribution in [0.25, 0.3) is 11.0 Å². The molecule has 1 fully saturated rings. The molecule has 0 spiro atoms. The van der Waals surface area contributed by atoms with Gasteiger partial charge in [-0.1, -0.05) is 18.5 Å². The molecule has 106 valence electrons. The van der Waals surface area contributed by atoms with Crippen molar-refractivity contribution in [3.05, 3.63) is 17.2 Å². The predicted molar refractivity (Wildman–Crippen MR) is 81.2 cm³/mol. The summed E-state index contributed by atoms with van der Waals surface area (Å²) in [4.78, 5) is 12.4. The minimum Gasteiger partial charge on any atom is -0.322 e. The fourth-order valence-corrected chi connectivity index (χ4v) is 3.21. The maximum absolute atomic E-state index is 12.4. The van der Waals surface area contributed by atoms with Crippen molar-refractivity contribution in [2.24, 2.45) is 5.92 Å². The Balaban J connectivity index is 1.83. The highest BCUT2D eigenvalue weighted by atomic mass is 35.5. The summed E-state index contributed by atoms with van der Waals surface area (Å²) < 4.78 is 8.36. The largest absolute Gasteiger partial charge is 0.322 e. The van der Waals surface area contributed by atoms with Crippen LogP contribution in [0, 0.1) is 5.92 Å². The summed E-state index contributed by atoms with van der Waals surface area (Å²) in [6, 6.07) is 3.37. The topological polar surface area (TPSA) is 66.9 Å². The fraction of sp³-hybridized carbons (Fsp3) is 0.462. The van der Waals surface area contributed by atoms with Gasteiger partial charge < -0.3 is 10.6 Å². The van der Waals surface area contributed by atoms with Gasteiger partial charge in [-0.05, 0) is 37.4 Å². The summed E-state index contributed by atoms with van der Waals surface area (Å²) in [5.74, 6) is 0.498. The molecular formula is C13H15ClN4OS. The maximum Gasteiger partial charge on any atom is 0.241 e. The van der Waals surface area contributed by atoms with E-state index in [9.17, 15) is 4.79 Å². The minimum atomic E-state index is -0.170. The maximum atomic E-state index is 12.4. The number of carbonyl (C=O) groups is 1. The molecule has 1 aliphatic heterocycles. The lowest BCUT2D eigenvalue weighted by Crippen LogP contribution is -2.45. The molecule has 2 N–H and O–H groups in total. The zero-order chi connectivity index (χ0) is 14.1. The molecule has 0 saturated carbocycles. The molecule has 7 heteroatoms. The minimum absolute atomic E-state index is 0.0565. The van der Waals surface area contributed by atoms with E-state index in [0.717, 1.165) is 36.6 Å². The van der Waals surface area contributed by atoms with Gasteiger partial charge in [-0.3, -0.25) is 4.79 Å². The monoisotopic (exact) mass is 310 g/mol. The molecule has 1 aliphatic rings. The van der Waals surface area contributed by atoms with Crippen LogP contribution in [0.4, 0.5) is 5.69 Å². The van der Waals surface area contributed by atoms with E-state index in [1.807, 2.05) is 0 Å². The van der Waals surface area contributed by atoms with Gasteiger partial charge in [0.1, 0.15) is 11.0 Å². The number of nitrogens with zero attached hydrogens (tertiary/aromatic N) is 2. The molecule has 3 rings (SSSR count). The lowest BCUT2D eigenvalue weighted by atomic mass is 9.94. The number of aromatic nitrogens is 2. The molecular weight excluding hydrogens is 296 g/mol. The molecule has 1 amide bonds.